The van der Waals surface area contributed by atoms with Crippen molar-refractivity contribution in [2.45, 2.75) is 33.2 Å². The van der Waals surface area contributed by atoms with Crippen molar-refractivity contribution in [3.05, 3.63) is 47.5 Å². The van der Waals surface area contributed by atoms with Gasteiger partial charge in [0.15, 0.2) is 0 Å². The molecular weight excluding hydrogens is 392 g/mol. The zero-order valence-corrected chi connectivity index (χ0v) is 18.5. The largest absolute Gasteiger partial charge is 0.497 e. The fraction of sp³-hybridized carbons (Fsp3) is 0.381. The van der Waals surface area contributed by atoms with Crippen LogP contribution in [0.2, 0.25) is 0 Å². The first-order valence-corrected chi connectivity index (χ1v) is 11.1. The van der Waals surface area contributed by atoms with Gasteiger partial charge in [0.2, 0.25) is 15.9 Å². The number of benzene rings is 2. The highest BCUT2D eigenvalue weighted by Crippen LogP contribution is 2.30. The Morgan fingerprint density at radius 3 is 2.28 bits per heavy atom. The second-order valence-electron chi connectivity index (χ2n) is 6.81. The van der Waals surface area contributed by atoms with Crippen molar-refractivity contribution in [1.29, 1.82) is 0 Å². The van der Waals surface area contributed by atoms with E-state index in [9.17, 15) is 13.2 Å². The number of carbonyl (C=O) groups excluding carboxylic acids is 1. The standard InChI is InChI=1S/C21H28N2O5S/c1-7-19(21(24)22-18-13-17(27-4)10-11-20(18)28-5)23(29(6,25)26)16-9-8-14(2)15(3)12-16/h8-13,19H,7H2,1-6H3,(H,22,24)/t19-/m0/s1. The normalized spacial score (nSPS) is 12.2. The molecule has 0 aliphatic heterocycles. The number of anilines is 2. The minimum atomic E-state index is -3.71. The van der Waals surface area contributed by atoms with E-state index in [4.69, 9.17) is 9.47 Å². The summed E-state index contributed by atoms with van der Waals surface area (Å²) in [5, 5.41) is 2.79. The molecule has 0 aromatic heterocycles. The van der Waals surface area contributed by atoms with Crippen molar-refractivity contribution in [2.75, 3.05) is 30.1 Å². The second kappa shape index (κ2) is 9.17. The molecule has 0 saturated carbocycles. The van der Waals surface area contributed by atoms with Gasteiger partial charge in [-0.1, -0.05) is 13.0 Å². The molecule has 0 heterocycles. The van der Waals surface area contributed by atoms with Crippen LogP contribution in [0.4, 0.5) is 11.4 Å². The Hall–Kier alpha value is -2.74. The molecule has 0 radical (unpaired) electrons. The molecule has 1 amide bonds. The average molecular weight is 421 g/mol. The number of hydrogen-bond acceptors (Lipinski definition) is 5. The third-order valence-electron chi connectivity index (χ3n) is 4.74. The number of rotatable bonds is 8. The topological polar surface area (TPSA) is 84.9 Å². The highest BCUT2D eigenvalue weighted by Gasteiger charge is 2.32. The molecule has 0 unspecified atom stereocenters. The Labute approximate surface area is 172 Å². The van der Waals surface area contributed by atoms with Crippen molar-refractivity contribution < 1.29 is 22.7 Å². The van der Waals surface area contributed by atoms with Gasteiger partial charge in [0.1, 0.15) is 17.5 Å². The lowest BCUT2D eigenvalue weighted by Gasteiger charge is -2.30. The van der Waals surface area contributed by atoms with Crippen LogP contribution in [-0.4, -0.2) is 40.8 Å². The predicted octanol–water partition coefficient (Wildman–Crippen LogP) is 3.50. The van der Waals surface area contributed by atoms with Crippen LogP contribution in [0.3, 0.4) is 0 Å². The van der Waals surface area contributed by atoms with Crippen LogP contribution in [-0.2, 0) is 14.8 Å². The van der Waals surface area contributed by atoms with Gasteiger partial charge in [-0.2, -0.15) is 0 Å². The van der Waals surface area contributed by atoms with E-state index in [-0.39, 0.29) is 6.42 Å². The SMILES string of the molecule is CC[C@@H](C(=O)Nc1cc(OC)ccc1OC)N(c1ccc(C)c(C)c1)S(C)(=O)=O. The van der Waals surface area contributed by atoms with Crippen LogP contribution in [0.5, 0.6) is 11.5 Å². The van der Waals surface area contributed by atoms with E-state index in [0.717, 1.165) is 17.4 Å². The van der Waals surface area contributed by atoms with Gasteiger partial charge in [0.05, 0.1) is 31.9 Å². The molecule has 8 heteroatoms. The summed E-state index contributed by atoms with van der Waals surface area (Å²) in [5.74, 6) is 0.539. The smallest absolute Gasteiger partial charge is 0.248 e. The maximum Gasteiger partial charge on any atom is 0.248 e. The lowest BCUT2D eigenvalue weighted by molar-refractivity contribution is -0.117. The van der Waals surface area contributed by atoms with Crippen molar-refractivity contribution in [3.63, 3.8) is 0 Å². The lowest BCUT2D eigenvalue weighted by atomic mass is 10.1. The maximum absolute atomic E-state index is 13.1. The summed E-state index contributed by atoms with van der Waals surface area (Å²) in [6, 6.07) is 9.42. The Balaban J connectivity index is 2.45. The van der Waals surface area contributed by atoms with Crippen LogP contribution >= 0.6 is 0 Å². The first kappa shape index (κ1) is 22.5. The van der Waals surface area contributed by atoms with E-state index in [1.54, 1.807) is 37.3 Å². The molecule has 0 spiro atoms. The molecule has 2 aromatic rings. The van der Waals surface area contributed by atoms with E-state index in [1.807, 2.05) is 19.9 Å². The Morgan fingerprint density at radius 1 is 1.07 bits per heavy atom. The molecule has 2 aromatic carbocycles. The Morgan fingerprint density at radius 2 is 1.76 bits per heavy atom. The first-order chi connectivity index (χ1) is 13.6. The second-order valence-corrected chi connectivity index (χ2v) is 8.67. The summed E-state index contributed by atoms with van der Waals surface area (Å²) in [7, 11) is -0.694. The van der Waals surface area contributed by atoms with Crippen LogP contribution < -0.4 is 19.1 Å². The highest BCUT2D eigenvalue weighted by molar-refractivity contribution is 7.92. The minimum absolute atomic E-state index is 0.290. The number of hydrogen-bond donors (Lipinski definition) is 1. The number of amides is 1. The van der Waals surface area contributed by atoms with Gasteiger partial charge in [-0.25, -0.2) is 8.42 Å². The Bertz CT molecular complexity index is 989. The maximum atomic E-state index is 13.1. The van der Waals surface area contributed by atoms with Gasteiger partial charge in [0.25, 0.3) is 0 Å². The fourth-order valence-electron chi connectivity index (χ4n) is 3.05. The van der Waals surface area contributed by atoms with E-state index < -0.39 is 22.0 Å². The predicted molar refractivity (Wildman–Crippen MR) is 115 cm³/mol. The van der Waals surface area contributed by atoms with Crippen molar-refractivity contribution in [2.24, 2.45) is 0 Å². The van der Waals surface area contributed by atoms with Crippen LogP contribution in [0.15, 0.2) is 36.4 Å². The van der Waals surface area contributed by atoms with Gasteiger partial charge >= 0.3 is 0 Å². The van der Waals surface area contributed by atoms with E-state index >= 15 is 0 Å². The molecule has 0 bridgehead atoms. The number of methoxy groups -OCH3 is 2. The molecule has 0 saturated heterocycles. The van der Waals surface area contributed by atoms with Crippen molar-refractivity contribution in [1.82, 2.24) is 0 Å². The zero-order valence-electron chi connectivity index (χ0n) is 17.6. The van der Waals surface area contributed by atoms with Crippen molar-refractivity contribution in [3.8, 4) is 11.5 Å². The number of ether oxygens (including phenoxy) is 2. The van der Waals surface area contributed by atoms with Gasteiger partial charge in [0, 0.05) is 6.07 Å². The number of aryl methyl sites for hydroxylation is 2. The van der Waals surface area contributed by atoms with Gasteiger partial charge in [-0.3, -0.25) is 9.10 Å². The third kappa shape index (κ3) is 5.20. The first-order valence-electron chi connectivity index (χ1n) is 9.21. The molecule has 0 fully saturated rings. The third-order valence-corrected chi connectivity index (χ3v) is 5.92. The molecule has 0 aliphatic rings. The minimum Gasteiger partial charge on any atom is -0.497 e. The van der Waals surface area contributed by atoms with E-state index in [1.165, 1.54) is 18.5 Å². The number of nitrogens with zero attached hydrogens (tertiary/aromatic N) is 1. The summed E-state index contributed by atoms with van der Waals surface area (Å²) < 4.78 is 36.9. The summed E-state index contributed by atoms with van der Waals surface area (Å²) in [4.78, 5) is 13.1. The summed E-state index contributed by atoms with van der Waals surface area (Å²) in [5.41, 5.74) is 2.85. The average Bonchev–Trinajstić information content (AvgIpc) is 2.67. The van der Waals surface area contributed by atoms with E-state index in [0.29, 0.717) is 22.9 Å². The van der Waals surface area contributed by atoms with Gasteiger partial charge in [-0.15, -0.1) is 0 Å². The molecule has 2 rings (SSSR count). The molecule has 7 nitrogen and oxygen atoms in total. The van der Waals surface area contributed by atoms with Crippen LogP contribution in [0.25, 0.3) is 0 Å². The summed E-state index contributed by atoms with van der Waals surface area (Å²) in [6.45, 7) is 5.62. The van der Waals surface area contributed by atoms with E-state index in [2.05, 4.69) is 5.32 Å². The fourth-order valence-corrected chi connectivity index (χ4v) is 4.25. The molecule has 1 N–H and O–H groups in total. The Kier molecular flexibility index (Phi) is 7.13. The molecule has 29 heavy (non-hydrogen) atoms. The van der Waals surface area contributed by atoms with Crippen molar-refractivity contribution >= 4 is 27.3 Å². The monoisotopic (exact) mass is 420 g/mol. The quantitative estimate of drug-likeness (QED) is 0.706. The van der Waals surface area contributed by atoms with Gasteiger partial charge in [-0.05, 0) is 55.7 Å². The molecular formula is C21H28N2O5S. The summed E-state index contributed by atoms with van der Waals surface area (Å²) in [6.07, 6.45) is 1.39. The number of carbonyl (C=O) groups is 1. The zero-order chi connectivity index (χ0) is 21.8. The van der Waals surface area contributed by atoms with Crippen LogP contribution in [0, 0.1) is 13.8 Å². The number of sulfonamides is 1. The molecule has 1 atom stereocenters. The molecule has 0 aliphatic carbocycles. The summed E-state index contributed by atoms with van der Waals surface area (Å²) >= 11 is 0. The molecule has 158 valence electrons. The lowest BCUT2D eigenvalue weighted by Crippen LogP contribution is -2.47. The van der Waals surface area contributed by atoms with Gasteiger partial charge < -0.3 is 14.8 Å². The number of nitrogens with one attached hydrogen (secondary N) is 1. The van der Waals surface area contributed by atoms with Crippen LogP contribution in [0.1, 0.15) is 24.5 Å². The highest BCUT2D eigenvalue weighted by atomic mass is 32.2.